The zero-order chi connectivity index (χ0) is 20.8. The Bertz CT molecular complexity index is 737. The Morgan fingerprint density at radius 3 is 2.39 bits per heavy atom. The van der Waals surface area contributed by atoms with Gasteiger partial charge in [0.1, 0.15) is 0 Å². The molecule has 1 saturated heterocycles. The van der Waals surface area contributed by atoms with Gasteiger partial charge in [-0.05, 0) is 17.9 Å². The molecule has 0 bridgehead atoms. The zero-order valence-electron chi connectivity index (χ0n) is 15.8. The van der Waals surface area contributed by atoms with Crippen LogP contribution in [0.4, 0.5) is 0 Å². The molecule has 1 aliphatic rings. The van der Waals surface area contributed by atoms with Crippen molar-refractivity contribution in [3.63, 3.8) is 0 Å². The molecule has 7 nitrogen and oxygen atoms in total. The Kier molecular flexibility index (Phi) is 7.62. The number of hydrogen-bond donors (Lipinski definition) is 3. The summed E-state index contributed by atoms with van der Waals surface area (Å²) in [4.78, 5) is 48.9. The summed E-state index contributed by atoms with van der Waals surface area (Å²) in [6, 6.07) is 9.43. The number of cyclic esters (lactones) is 2. The fourth-order valence-electron chi connectivity index (χ4n) is 3.67. The lowest BCUT2D eigenvalue weighted by atomic mass is 9.73. The van der Waals surface area contributed by atoms with Gasteiger partial charge in [0.2, 0.25) is 5.91 Å². The van der Waals surface area contributed by atoms with Gasteiger partial charge in [-0.25, -0.2) is 0 Å². The highest BCUT2D eigenvalue weighted by molar-refractivity contribution is 7.80. The van der Waals surface area contributed by atoms with Crippen molar-refractivity contribution in [2.75, 3.05) is 12.3 Å². The monoisotopic (exact) mass is 407 g/mol. The van der Waals surface area contributed by atoms with Gasteiger partial charge < -0.3 is 15.2 Å². The Morgan fingerprint density at radius 2 is 1.82 bits per heavy atom. The van der Waals surface area contributed by atoms with Crippen molar-refractivity contribution in [3.8, 4) is 0 Å². The first-order valence-corrected chi connectivity index (χ1v) is 9.83. The molecule has 1 heterocycles. The number of carboxylic acid groups (broad SMARTS) is 1. The molecule has 0 aromatic heterocycles. The first kappa shape index (κ1) is 21.9. The summed E-state index contributed by atoms with van der Waals surface area (Å²) < 4.78 is 4.78. The summed E-state index contributed by atoms with van der Waals surface area (Å²) in [7, 11) is 0. The van der Waals surface area contributed by atoms with Gasteiger partial charge in [-0.3, -0.25) is 19.2 Å². The van der Waals surface area contributed by atoms with E-state index >= 15 is 0 Å². The quantitative estimate of drug-likeness (QED) is 0.328. The molecule has 28 heavy (non-hydrogen) atoms. The van der Waals surface area contributed by atoms with Crippen LogP contribution in [0.1, 0.15) is 31.7 Å². The summed E-state index contributed by atoms with van der Waals surface area (Å²) in [6.07, 6.45) is 0.258. The van der Waals surface area contributed by atoms with Gasteiger partial charge in [-0.1, -0.05) is 44.2 Å². The Morgan fingerprint density at radius 1 is 1.18 bits per heavy atom. The largest absolute Gasteiger partial charge is 0.481 e. The minimum absolute atomic E-state index is 0.0880. The van der Waals surface area contributed by atoms with E-state index in [-0.39, 0.29) is 18.9 Å². The molecule has 152 valence electrons. The number of amides is 1. The second-order valence-electron chi connectivity index (χ2n) is 7.09. The summed E-state index contributed by atoms with van der Waals surface area (Å²) in [6.45, 7) is 3.63. The molecule has 2 N–H and O–H groups in total. The standard InChI is InChI=1S/C20H25NO6S/c1-11(13-6-4-3-5-7-13)10-14-16(20(26)27-19(14)25)15(18(23)24)12(2)17(22)21-8-9-28/h3-7,11-12,14-16,28H,8-10H2,1-2H3,(H,21,22)(H,23,24). The highest BCUT2D eigenvalue weighted by atomic mass is 32.1. The second-order valence-corrected chi connectivity index (χ2v) is 7.53. The van der Waals surface area contributed by atoms with Crippen LogP contribution in [0.2, 0.25) is 0 Å². The highest BCUT2D eigenvalue weighted by Gasteiger charge is 2.53. The van der Waals surface area contributed by atoms with Crippen molar-refractivity contribution >= 4 is 36.4 Å². The predicted octanol–water partition coefficient (Wildman–Crippen LogP) is 1.88. The van der Waals surface area contributed by atoms with Gasteiger partial charge in [0.15, 0.2) is 0 Å². The lowest BCUT2D eigenvalue weighted by Crippen LogP contribution is -2.43. The summed E-state index contributed by atoms with van der Waals surface area (Å²) >= 11 is 4.01. The topological polar surface area (TPSA) is 110 Å². The van der Waals surface area contributed by atoms with Crippen LogP contribution in [-0.2, 0) is 23.9 Å². The van der Waals surface area contributed by atoms with Crippen molar-refractivity contribution in [2.45, 2.75) is 26.2 Å². The summed E-state index contributed by atoms with van der Waals surface area (Å²) in [5.41, 5.74) is 0.972. The van der Waals surface area contributed by atoms with Gasteiger partial charge in [0, 0.05) is 18.2 Å². The SMILES string of the molecule is CC(CC1C(=O)OC(=O)C1C(C(=O)O)C(C)C(=O)NCCS)c1ccccc1. The average molecular weight is 407 g/mol. The number of rotatable bonds is 9. The van der Waals surface area contributed by atoms with Crippen molar-refractivity contribution in [2.24, 2.45) is 23.7 Å². The van der Waals surface area contributed by atoms with Crippen LogP contribution in [0.25, 0.3) is 0 Å². The van der Waals surface area contributed by atoms with Crippen molar-refractivity contribution in [1.29, 1.82) is 0 Å². The molecule has 1 amide bonds. The number of thiol groups is 1. The number of carbonyl (C=O) groups excluding carboxylic acids is 3. The number of esters is 2. The van der Waals surface area contributed by atoms with E-state index in [1.165, 1.54) is 6.92 Å². The maximum absolute atomic E-state index is 12.3. The minimum atomic E-state index is -1.35. The third-order valence-corrected chi connectivity index (χ3v) is 5.44. The van der Waals surface area contributed by atoms with E-state index in [4.69, 9.17) is 4.74 Å². The number of carbonyl (C=O) groups is 4. The predicted molar refractivity (Wildman–Crippen MR) is 105 cm³/mol. The summed E-state index contributed by atoms with van der Waals surface area (Å²) in [5.74, 6) is -7.57. The lowest BCUT2D eigenvalue weighted by molar-refractivity contribution is -0.158. The number of carboxylic acids is 1. The fraction of sp³-hybridized carbons (Fsp3) is 0.500. The fourth-order valence-corrected chi connectivity index (χ4v) is 3.79. The minimum Gasteiger partial charge on any atom is -0.481 e. The zero-order valence-corrected chi connectivity index (χ0v) is 16.7. The van der Waals surface area contributed by atoms with Gasteiger partial charge >= 0.3 is 17.9 Å². The second kappa shape index (κ2) is 9.73. The Hall–Kier alpha value is -2.35. The molecule has 1 aromatic rings. The molecule has 2 rings (SSSR count). The van der Waals surface area contributed by atoms with Crippen molar-refractivity contribution in [1.82, 2.24) is 5.32 Å². The van der Waals surface area contributed by atoms with Gasteiger partial charge in [0.05, 0.1) is 17.8 Å². The Labute approximate surface area is 169 Å². The molecule has 0 spiro atoms. The van der Waals surface area contributed by atoms with E-state index in [0.29, 0.717) is 5.75 Å². The molecule has 1 aromatic carbocycles. The number of hydrogen-bond acceptors (Lipinski definition) is 6. The van der Waals surface area contributed by atoms with Gasteiger partial charge in [-0.15, -0.1) is 0 Å². The molecule has 5 atom stereocenters. The molecule has 0 radical (unpaired) electrons. The molecule has 1 fully saturated rings. The smallest absolute Gasteiger partial charge is 0.318 e. The third kappa shape index (κ3) is 4.92. The summed E-state index contributed by atoms with van der Waals surface area (Å²) in [5, 5.41) is 12.3. The van der Waals surface area contributed by atoms with Gasteiger partial charge in [-0.2, -0.15) is 12.6 Å². The van der Waals surface area contributed by atoms with Crippen LogP contribution < -0.4 is 5.32 Å². The van der Waals surface area contributed by atoms with Crippen molar-refractivity contribution < 1.29 is 29.0 Å². The van der Waals surface area contributed by atoms with E-state index in [1.54, 1.807) is 0 Å². The maximum Gasteiger partial charge on any atom is 0.318 e. The number of aliphatic carboxylic acids is 1. The van der Waals surface area contributed by atoms with Crippen LogP contribution in [0.3, 0.4) is 0 Å². The van der Waals surface area contributed by atoms with E-state index in [1.807, 2.05) is 37.3 Å². The van der Waals surface area contributed by atoms with E-state index in [9.17, 15) is 24.3 Å². The number of ether oxygens (including phenoxy) is 1. The first-order chi connectivity index (χ1) is 13.3. The first-order valence-electron chi connectivity index (χ1n) is 9.19. The lowest BCUT2D eigenvalue weighted by Gasteiger charge is -2.27. The van der Waals surface area contributed by atoms with E-state index < -0.39 is 47.5 Å². The van der Waals surface area contributed by atoms with Crippen molar-refractivity contribution in [3.05, 3.63) is 35.9 Å². The third-order valence-electron chi connectivity index (χ3n) is 5.22. The maximum atomic E-state index is 12.3. The van der Waals surface area contributed by atoms with Gasteiger partial charge in [0.25, 0.3) is 0 Å². The Balaban J connectivity index is 2.26. The van der Waals surface area contributed by atoms with Crippen LogP contribution in [-0.4, -0.2) is 41.2 Å². The molecule has 5 unspecified atom stereocenters. The highest BCUT2D eigenvalue weighted by Crippen LogP contribution is 2.40. The molecule has 1 aliphatic heterocycles. The van der Waals surface area contributed by atoms with E-state index in [0.717, 1.165) is 5.56 Å². The average Bonchev–Trinajstić information content (AvgIpc) is 2.93. The molecule has 0 saturated carbocycles. The molecule has 8 heteroatoms. The van der Waals surface area contributed by atoms with Crippen LogP contribution in [0.5, 0.6) is 0 Å². The van der Waals surface area contributed by atoms with Crippen LogP contribution in [0.15, 0.2) is 30.3 Å². The molecule has 0 aliphatic carbocycles. The normalized spacial score (nSPS) is 22.2. The molecular formula is C20H25NO6S. The number of benzene rings is 1. The van der Waals surface area contributed by atoms with E-state index in [2.05, 4.69) is 17.9 Å². The van der Waals surface area contributed by atoms with Crippen LogP contribution >= 0.6 is 12.6 Å². The number of nitrogens with one attached hydrogen (secondary N) is 1. The van der Waals surface area contributed by atoms with Crippen LogP contribution in [0, 0.1) is 23.7 Å². The molecular weight excluding hydrogens is 382 g/mol.